The molecule has 0 aliphatic carbocycles. The molecule has 7 heteroatoms. The Bertz CT molecular complexity index is 421. The number of carbonyl (C=O) groups is 2. The van der Waals surface area contributed by atoms with Crippen LogP contribution in [0.2, 0.25) is 10.0 Å². The highest BCUT2D eigenvalue weighted by molar-refractivity contribution is 6.37. The summed E-state index contributed by atoms with van der Waals surface area (Å²) in [5, 5.41) is 20.4. The van der Waals surface area contributed by atoms with Crippen molar-refractivity contribution in [2.24, 2.45) is 0 Å². The summed E-state index contributed by atoms with van der Waals surface area (Å²) in [6, 6.07) is 2.10. The van der Waals surface area contributed by atoms with Crippen molar-refractivity contribution in [3.05, 3.63) is 27.7 Å². The third-order valence-corrected chi connectivity index (χ3v) is 2.13. The van der Waals surface area contributed by atoms with Crippen LogP contribution in [0, 0.1) is 0 Å². The van der Waals surface area contributed by atoms with Gasteiger partial charge < -0.3 is 24.5 Å². The lowest BCUT2D eigenvalue weighted by Crippen LogP contribution is -2.29. The van der Waals surface area contributed by atoms with E-state index in [4.69, 9.17) is 27.9 Å². The van der Waals surface area contributed by atoms with E-state index in [1.54, 1.807) is 0 Å². The molecule has 0 aromatic heterocycles. The molecule has 0 N–H and O–H groups in total. The highest BCUT2D eigenvalue weighted by atomic mass is 35.5. The second-order valence-electron chi connectivity index (χ2n) is 2.72. The highest BCUT2D eigenvalue weighted by Crippen LogP contribution is 2.33. The number of rotatable bonds is 4. The maximum absolute atomic E-state index is 10.5. The first-order chi connectivity index (χ1) is 7.41. The Balaban J connectivity index is 3.03. The minimum absolute atomic E-state index is 0.113. The van der Waals surface area contributed by atoms with Crippen LogP contribution in [0.25, 0.3) is 0 Å². The summed E-state index contributed by atoms with van der Waals surface area (Å²) in [5.74, 6) is -3.01. The molecule has 1 rings (SSSR count). The lowest BCUT2D eigenvalue weighted by atomic mass is 10.2. The third-order valence-electron chi connectivity index (χ3n) is 1.57. The van der Waals surface area contributed by atoms with Crippen LogP contribution in [-0.2, 0) is 4.79 Å². The van der Waals surface area contributed by atoms with Gasteiger partial charge in [0.05, 0.1) is 22.0 Å². The van der Waals surface area contributed by atoms with Gasteiger partial charge in [0.1, 0.15) is 6.61 Å². The molecule has 0 atom stereocenters. The molecule has 0 amide bonds. The molecule has 0 aliphatic rings. The van der Waals surface area contributed by atoms with Crippen LogP contribution in [0.4, 0.5) is 0 Å². The van der Waals surface area contributed by atoms with Crippen molar-refractivity contribution in [3.63, 3.8) is 0 Å². The van der Waals surface area contributed by atoms with Gasteiger partial charge in [0.25, 0.3) is 0 Å². The van der Waals surface area contributed by atoms with Gasteiger partial charge in [-0.15, -0.1) is 0 Å². The molecule has 0 spiro atoms. The van der Waals surface area contributed by atoms with Gasteiger partial charge in [0.15, 0.2) is 5.75 Å². The molecular weight excluding hydrogens is 259 g/mol. The number of hydrogen-bond acceptors (Lipinski definition) is 5. The van der Waals surface area contributed by atoms with Crippen LogP contribution in [0.5, 0.6) is 5.75 Å². The molecule has 5 nitrogen and oxygen atoms in total. The van der Waals surface area contributed by atoms with Crippen molar-refractivity contribution in [2.75, 3.05) is 6.61 Å². The first kappa shape index (κ1) is 12.6. The molecular formula is C9H4Cl2O5-2. The van der Waals surface area contributed by atoms with E-state index in [1.807, 2.05) is 0 Å². The van der Waals surface area contributed by atoms with E-state index >= 15 is 0 Å². The number of carboxylic acid groups (broad SMARTS) is 2. The molecule has 0 saturated heterocycles. The number of hydrogen-bond donors (Lipinski definition) is 0. The van der Waals surface area contributed by atoms with Gasteiger partial charge in [-0.2, -0.15) is 0 Å². The molecule has 0 fully saturated rings. The van der Waals surface area contributed by atoms with Gasteiger partial charge >= 0.3 is 0 Å². The zero-order chi connectivity index (χ0) is 12.3. The van der Waals surface area contributed by atoms with Crippen LogP contribution >= 0.6 is 23.2 Å². The second-order valence-corrected chi connectivity index (χ2v) is 3.53. The summed E-state index contributed by atoms with van der Waals surface area (Å²) in [6.07, 6.45) is 0. The second kappa shape index (κ2) is 5.05. The van der Waals surface area contributed by atoms with E-state index < -0.39 is 18.5 Å². The van der Waals surface area contributed by atoms with E-state index in [-0.39, 0.29) is 21.4 Å². The number of halogens is 2. The monoisotopic (exact) mass is 262 g/mol. The highest BCUT2D eigenvalue weighted by Gasteiger charge is 2.10. The van der Waals surface area contributed by atoms with Gasteiger partial charge in [0, 0.05) is 5.56 Å². The fourth-order valence-corrected chi connectivity index (χ4v) is 1.54. The van der Waals surface area contributed by atoms with Crippen LogP contribution < -0.4 is 14.9 Å². The summed E-state index contributed by atoms with van der Waals surface area (Å²) in [7, 11) is 0. The van der Waals surface area contributed by atoms with E-state index in [9.17, 15) is 19.8 Å². The molecule has 0 radical (unpaired) electrons. The van der Waals surface area contributed by atoms with Crippen LogP contribution in [0.3, 0.4) is 0 Å². The smallest absolute Gasteiger partial charge is 0.157 e. The maximum atomic E-state index is 10.5. The quantitative estimate of drug-likeness (QED) is 0.729. The largest absolute Gasteiger partial charge is 0.546 e. The van der Waals surface area contributed by atoms with E-state index in [1.165, 1.54) is 0 Å². The molecule has 0 unspecified atom stereocenters. The lowest BCUT2D eigenvalue weighted by Gasteiger charge is -2.12. The van der Waals surface area contributed by atoms with Crippen molar-refractivity contribution < 1.29 is 24.5 Å². The van der Waals surface area contributed by atoms with E-state index in [0.717, 1.165) is 12.1 Å². The normalized spacial score (nSPS) is 9.88. The third kappa shape index (κ3) is 3.01. The predicted octanol–water partition coefficient (Wildman–Crippen LogP) is -0.514. The SMILES string of the molecule is O=C([O-])COc1c(Cl)cc(C(=O)[O-])cc1Cl. The molecule has 0 aliphatic heterocycles. The minimum Gasteiger partial charge on any atom is -0.546 e. The van der Waals surface area contributed by atoms with Crippen LogP contribution in [-0.4, -0.2) is 18.5 Å². The van der Waals surface area contributed by atoms with Gasteiger partial charge in [-0.05, 0) is 12.1 Å². The molecule has 86 valence electrons. The van der Waals surface area contributed by atoms with E-state index in [0.29, 0.717) is 0 Å². The molecule has 0 bridgehead atoms. The zero-order valence-corrected chi connectivity index (χ0v) is 9.17. The lowest BCUT2D eigenvalue weighted by molar-refractivity contribution is -0.307. The topological polar surface area (TPSA) is 89.5 Å². The Hall–Kier alpha value is -1.46. The Labute approximate surface area is 100 Å². The summed E-state index contributed by atoms with van der Waals surface area (Å²) < 4.78 is 4.72. The molecule has 1 aromatic carbocycles. The van der Waals surface area contributed by atoms with Crippen molar-refractivity contribution in [3.8, 4) is 5.75 Å². The summed E-state index contributed by atoms with van der Waals surface area (Å²) in [4.78, 5) is 20.7. The fraction of sp³-hybridized carbons (Fsp3) is 0.111. The van der Waals surface area contributed by atoms with Crippen molar-refractivity contribution in [2.45, 2.75) is 0 Å². The first-order valence-corrected chi connectivity index (χ1v) is 4.70. The van der Waals surface area contributed by atoms with Gasteiger partial charge in [0.2, 0.25) is 0 Å². The number of benzene rings is 1. The number of aliphatic carboxylic acids is 1. The van der Waals surface area contributed by atoms with Gasteiger partial charge in [-0.1, -0.05) is 23.2 Å². The number of carbonyl (C=O) groups excluding carboxylic acids is 2. The average molecular weight is 263 g/mol. The predicted molar refractivity (Wildman–Crippen MR) is 51.3 cm³/mol. The van der Waals surface area contributed by atoms with Gasteiger partial charge in [-0.25, -0.2) is 0 Å². The number of aromatic carboxylic acids is 1. The number of carboxylic acids is 2. The van der Waals surface area contributed by atoms with Crippen LogP contribution in [0.15, 0.2) is 12.1 Å². The maximum Gasteiger partial charge on any atom is 0.157 e. The molecule has 0 saturated carbocycles. The first-order valence-electron chi connectivity index (χ1n) is 3.95. The number of ether oxygens (including phenoxy) is 1. The van der Waals surface area contributed by atoms with Crippen molar-refractivity contribution in [1.82, 2.24) is 0 Å². The van der Waals surface area contributed by atoms with Crippen molar-refractivity contribution in [1.29, 1.82) is 0 Å². The van der Waals surface area contributed by atoms with E-state index in [2.05, 4.69) is 0 Å². The summed E-state index contributed by atoms with van der Waals surface area (Å²) >= 11 is 11.3. The minimum atomic E-state index is -1.45. The zero-order valence-electron chi connectivity index (χ0n) is 7.66. The van der Waals surface area contributed by atoms with Gasteiger partial charge in [-0.3, -0.25) is 0 Å². The Morgan fingerprint density at radius 2 is 1.69 bits per heavy atom. The Morgan fingerprint density at radius 1 is 1.19 bits per heavy atom. The molecule has 16 heavy (non-hydrogen) atoms. The summed E-state index contributed by atoms with van der Waals surface area (Å²) in [6.45, 7) is -0.732. The molecule has 1 aromatic rings. The summed E-state index contributed by atoms with van der Waals surface area (Å²) in [5.41, 5.74) is -0.226. The average Bonchev–Trinajstić information content (AvgIpc) is 2.15. The van der Waals surface area contributed by atoms with Crippen molar-refractivity contribution >= 4 is 35.1 Å². The Kier molecular flexibility index (Phi) is 3.98. The molecule has 0 heterocycles. The standard InChI is InChI=1S/C9H6Cl2O5/c10-5-1-4(9(14)15)2-6(11)8(5)16-3-7(12)13/h1-2H,3H2,(H,12,13)(H,14,15)/p-2. The Morgan fingerprint density at radius 3 is 2.06 bits per heavy atom. The fourth-order valence-electron chi connectivity index (χ4n) is 0.947. The van der Waals surface area contributed by atoms with Crippen LogP contribution in [0.1, 0.15) is 10.4 Å².